The molecule has 1 atom stereocenters. The molecule has 2 heterocycles. The summed E-state index contributed by atoms with van der Waals surface area (Å²) in [6.07, 6.45) is -0.0442. The summed E-state index contributed by atoms with van der Waals surface area (Å²) in [5.41, 5.74) is 4.67. The van der Waals surface area contributed by atoms with E-state index < -0.39 is 5.25 Å². The van der Waals surface area contributed by atoms with Gasteiger partial charge in [0.1, 0.15) is 5.25 Å². The van der Waals surface area contributed by atoms with E-state index in [4.69, 9.17) is 32.7 Å². The van der Waals surface area contributed by atoms with Crippen molar-refractivity contribution >= 4 is 63.3 Å². The Morgan fingerprint density at radius 1 is 1.22 bits per heavy atom. The lowest BCUT2D eigenvalue weighted by molar-refractivity contribution is -0.129. The molecule has 0 aromatic heterocycles. The molecule has 0 spiro atoms. The Hall–Kier alpha value is -2.88. The Labute approximate surface area is 198 Å². The minimum absolute atomic E-state index is 0.0442. The van der Waals surface area contributed by atoms with E-state index in [1.165, 1.54) is 16.8 Å². The Morgan fingerprint density at radius 3 is 2.75 bits per heavy atom. The first-order valence-electron chi connectivity index (χ1n) is 9.43. The minimum atomic E-state index is -0.645. The van der Waals surface area contributed by atoms with Crippen molar-refractivity contribution in [3.63, 3.8) is 0 Å². The number of benzene rings is 2. The average Bonchev–Trinajstić information content (AvgIpc) is 3.35. The van der Waals surface area contributed by atoms with E-state index in [1.54, 1.807) is 37.4 Å². The van der Waals surface area contributed by atoms with Gasteiger partial charge in [-0.25, -0.2) is 0 Å². The zero-order valence-electron chi connectivity index (χ0n) is 16.9. The highest BCUT2D eigenvalue weighted by Gasteiger charge is 2.39. The molecular formula is C21H18Cl2N4O4S. The highest BCUT2D eigenvalue weighted by Crippen LogP contribution is 2.35. The fourth-order valence-corrected chi connectivity index (χ4v) is 4.43. The van der Waals surface area contributed by atoms with Crippen LogP contribution in [0.25, 0.3) is 5.70 Å². The molecule has 8 nitrogen and oxygen atoms in total. The number of ether oxygens (including phenoxy) is 2. The smallest absolute Gasteiger partial charge is 0.261 e. The SMILES string of the molecule is C=C(NN1C(=O)[C@@H](CC(=O)Nc2ccc(Cl)c(Cl)c2)SC1=NC)c1ccc2c(c1)OCO2. The first-order chi connectivity index (χ1) is 15.4. The van der Waals surface area contributed by atoms with Gasteiger partial charge in [0.25, 0.3) is 5.91 Å². The molecule has 0 saturated carbocycles. The monoisotopic (exact) mass is 492 g/mol. The summed E-state index contributed by atoms with van der Waals surface area (Å²) in [4.78, 5) is 29.6. The summed E-state index contributed by atoms with van der Waals surface area (Å²) in [5, 5.41) is 4.53. The molecule has 2 N–H and O–H groups in total. The van der Waals surface area contributed by atoms with Gasteiger partial charge in [-0.15, -0.1) is 0 Å². The second-order valence-electron chi connectivity index (χ2n) is 6.83. The largest absolute Gasteiger partial charge is 0.454 e. The van der Waals surface area contributed by atoms with Crippen molar-refractivity contribution in [1.29, 1.82) is 0 Å². The molecule has 0 bridgehead atoms. The van der Waals surface area contributed by atoms with E-state index in [-0.39, 0.29) is 25.0 Å². The van der Waals surface area contributed by atoms with E-state index in [9.17, 15) is 9.59 Å². The summed E-state index contributed by atoms with van der Waals surface area (Å²) in [5.74, 6) is 0.620. The average molecular weight is 493 g/mol. The Morgan fingerprint density at radius 2 is 2.00 bits per heavy atom. The molecule has 4 rings (SSSR count). The predicted molar refractivity (Wildman–Crippen MR) is 126 cm³/mol. The molecule has 2 aliphatic rings. The van der Waals surface area contributed by atoms with Gasteiger partial charge in [0.2, 0.25) is 12.7 Å². The molecule has 32 heavy (non-hydrogen) atoms. The van der Waals surface area contributed by atoms with Crippen LogP contribution in [0, 0.1) is 0 Å². The molecule has 2 amide bonds. The minimum Gasteiger partial charge on any atom is -0.454 e. The van der Waals surface area contributed by atoms with Crippen LogP contribution in [0.3, 0.4) is 0 Å². The first kappa shape index (κ1) is 22.3. The standard InChI is InChI=1S/C21H18Cl2N4O4S/c1-11(12-3-6-16-17(7-12)31-10-30-16)26-27-20(29)18(32-21(27)24-2)9-19(28)25-13-4-5-14(22)15(23)8-13/h3-8,18,26H,1,9-10H2,2H3,(H,25,28)/t18-/m1/s1. The number of carbonyl (C=O) groups is 2. The molecule has 11 heteroatoms. The third-order valence-corrected chi connectivity index (χ3v) is 6.64. The first-order valence-corrected chi connectivity index (χ1v) is 11.1. The molecule has 166 valence electrons. The number of hydrogen-bond acceptors (Lipinski definition) is 7. The zero-order valence-corrected chi connectivity index (χ0v) is 19.2. The number of hydrogen-bond donors (Lipinski definition) is 2. The van der Waals surface area contributed by atoms with Gasteiger partial charge in [0, 0.05) is 24.7 Å². The summed E-state index contributed by atoms with van der Waals surface area (Å²) < 4.78 is 10.7. The van der Waals surface area contributed by atoms with Crippen LogP contribution in [0.2, 0.25) is 10.0 Å². The molecule has 0 unspecified atom stereocenters. The highest BCUT2D eigenvalue weighted by molar-refractivity contribution is 8.15. The number of rotatable bonds is 6. The van der Waals surface area contributed by atoms with Crippen LogP contribution in [0.1, 0.15) is 12.0 Å². The van der Waals surface area contributed by atoms with Gasteiger partial charge in [-0.05, 0) is 36.4 Å². The lowest BCUT2D eigenvalue weighted by Crippen LogP contribution is -2.42. The van der Waals surface area contributed by atoms with Crippen molar-refractivity contribution in [2.24, 2.45) is 4.99 Å². The maximum absolute atomic E-state index is 13.0. The van der Waals surface area contributed by atoms with Gasteiger partial charge < -0.3 is 14.8 Å². The highest BCUT2D eigenvalue weighted by atomic mass is 35.5. The number of carbonyl (C=O) groups excluding carboxylic acids is 2. The van der Waals surface area contributed by atoms with Crippen LogP contribution in [-0.2, 0) is 9.59 Å². The number of fused-ring (bicyclic) bond motifs is 1. The Kier molecular flexibility index (Phi) is 6.50. The Balaban J connectivity index is 1.41. The van der Waals surface area contributed by atoms with Crippen molar-refractivity contribution in [3.8, 4) is 11.5 Å². The predicted octanol–water partition coefficient (Wildman–Crippen LogP) is 4.16. The van der Waals surface area contributed by atoms with E-state index >= 15 is 0 Å². The number of hydrazine groups is 1. The van der Waals surface area contributed by atoms with Gasteiger partial charge in [0.15, 0.2) is 16.7 Å². The van der Waals surface area contributed by atoms with Gasteiger partial charge in [-0.3, -0.25) is 20.0 Å². The van der Waals surface area contributed by atoms with Crippen LogP contribution < -0.4 is 20.2 Å². The molecule has 2 aromatic rings. The summed E-state index contributed by atoms with van der Waals surface area (Å²) >= 11 is 13.1. The number of thioether (sulfide) groups is 1. The van der Waals surface area contributed by atoms with Crippen LogP contribution in [0.15, 0.2) is 48.0 Å². The van der Waals surface area contributed by atoms with E-state index in [1.807, 2.05) is 6.07 Å². The Bertz CT molecular complexity index is 1140. The number of anilines is 1. The van der Waals surface area contributed by atoms with E-state index in [0.717, 1.165) is 5.56 Å². The summed E-state index contributed by atoms with van der Waals surface area (Å²) in [6, 6.07) is 10.1. The molecule has 0 aliphatic carbocycles. The van der Waals surface area contributed by atoms with Crippen molar-refractivity contribution in [2.75, 3.05) is 19.2 Å². The van der Waals surface area contributed by atoms with Gasteiger partial charge in [0.05, 0.1) is 15.7 Å². The molecule has 2 aliphatic heterocycles. The second kappa shape index (κ2) is 9.32. The molecule has 0 radical (unpaired) electrons. The summed E-state index contributed by atoms with van der Waals surface area (Å²) in [6.45, 7) is 4.17. The van der Waals surface area contributed by atoms with Gasteiger partial charge in [-0.2, -0.15) is 5.01 Å². The quantitative estimate of drug-likeness (QED) is 0.628. The number of nitrogens with zero attached hydrogens (tertiary/aromatic N) is 2. The maximum Gasteiger partial charge on any atom is 0.261 e. The third-order valence-electron chi connectivity index (χ3n) is 4.67. The fourth-order valence-electron chi connectivity index (χ4n) is 3.09. The molecule has 1 saturated heterocycles. The number of amides is 2. The molecular weight excluding hydrogens is 475 g/mol. The number of halogens is 2. The topological polar surface area (TPSA) is 92.3 Å². The van der Waals surface area contributed by atoms with Crippen LogP contribution in [-0.4, -0.2) is 41.1 Å². The molecule has 1 fully saturated rings. The van der Waals surface area contributed by atoms with Crippen molar-refractivity contribution in [2.45, 2.75) is 11.7 Å². The van der Waals surface area contributed by atoms with Crippen molar-refractivity contribution in [3.05, 3.63) is 58.6 Å². The van der Waals surface area contributed by atoms with Crippen molar-refractivity contribution < 1.29 is 19.1 Å². The van der Waals surface area contributed by atoms with E-state index in [2.05, 4.69) is 22.3 Å². The summed E-state index contributed by atoms with van der Waals surface area (Å²) in [7, 11) is 1.58. The second-order valence-corrected chi connectivity index (χ2v) is 8.81. The lowest BCUT2D eigenvalue weighted by atomic mass is 10.1. The van der Waals surface area contributed by atoms with Crippen LogP contribution in [0.5, 0.6) is 11.5 Å². The van der Waals surface area contributed by atoms with E-state index in [0.29, 0.717) is 38.1 Å². The van der Waals surface area contributed by atoms with Gasteiger partial charge in [-0.1, -0.05) is 41.5 Å². The normalized spacial score (nSPS) is 18.2. The molecule has 2 aromatic carbocycles. The lowest BCUT2D eigenvalue weighted by Gasteiger charge is -2.20. The van der Waals surface area contributed by atoms with Crippen LogP contribution >= 0.6 is 35.0 Å². The number of amidine groups is 1. The maximum atomic E-state index is 13.0. The van der Waals surface area contributed by atoms with Crippen LogP contribution in [0.4, 0.5) is 5.69 Å². The number of nitrogens with one attached hydrogen (secondary N) is 2. The van der Waals surface area contributed by atoms with Crippen molar-refractivity contribution in [1.82, 2.24) is 10.4 Å². The number of aliphatic imine (C=N–C) groups is 1. The third kappa shape index (κ3) is 4.64. The van der Waals surface area contributed by atoms with Gasteiger partial charge >= 0.3 is 0 Å². The fraction of sp³-hybridized carbons (Fsp3) is 0.190. The zero-order chi connectivity index (χ0) is 22.8.